The first kappa shape index (κ1) is 17.6. The number of hydrogen-bond acceptors (Lipinski definition) is 6. The Kier molecular flexibility index (Phi) is 5.83. The Morgan fingerprint density at radius 3 is 2.68 bits per heavy atom. The summed E-state index contributed by atoms with van der Waals surface area (Å²) in [5.74, 6) is 0.494. The number of ketones is 1. The largest absolute Gasteiger partial charge is 0.356 e. The van der Waals surface area contributed by atoms with Crippen molar-refractivity contribution >= 4 is 34.0 Å². The molecule has 1 heterocycles. The van der Waals surface area contributed by atoms with Gasteiger partial charge in [-0.1, -0.05) is 77.2 Å². The number of anilines is 1. The molecule has 3 aromatic rings. The molecule has 0 aliphatic carbocycles. The van der Waals surface area contributed by atoms with E-state index < -0.39 is 0 Å². The molecular formula is C19H19N3OS2. The van der Waals surface area contributed by atoms with Crippen LogP contribution in [-0.2, 0) is 6.54 Å². The number of nitrogens with one attached hydrogen (secondary N) is 1. The van der Waals surface area contributed by atoms with Crippen molar-refractivity contribution < 1.29 is 4.79 Å². The number of aromatic nitrogens is 2. The summed E-state index contributed by atoms with van der Waals surface area (Å²) < 4.78 is 0.800. The SMILES string of the molecule is Cc1ccc(C(=O)CSc2nnc(NCc3ccccc3)s2)c(C)c1. The lowest BCUT2D eigenvalue weighted by Gasteiger charge is -2.04. The van der Waals surface area contributed by atoms with Gasteiger partial charge in [-0.3, -0.25) is 4.79 Å². The second-order valence-corrected chi connectivity index (χ2v) is 7.94. The summed E-state index contributed by atoms with van der Waals surface area (Å²) >= 11 is 2.91. The van der Waals surface area contributed by atoms with Gasteiger partial charge in [0.15, 0.2) is 10.1 Å². The van der Waals surface area contributed by atoms with Crippen LogP contribution in [0.3, 0.4) is 0 Å². The predicted molar refractivity (Wildman–Crippen MR) is 105 cm³/mol. The van der Waals surface area contributed by atoms with Crippen molar-refractivity contribution in [1.29, 1.82) is 0 Å². The minimum Gasteiger partial charge on any atom is -0.356 e. The molecule has 2 aromatic carbocycles. The van der Waals surface area contributed by atoms with Crippen molar-refractivity contribution in [2.45, 2.75) is 24.7 Å². The van der Waals surface area contributed by atoms with Crippen molar-refractivity contribution in [2.24, 2.45) is 0 Å². The Morgan fingerprint density at radius 2 is 1.92 bits per heavy atom. The molecule has 0 atom stereocenters. The van der Waals surface area contributed by atoms with E-state index in [2.05, 4.69) is 27.6 Å². The van der Waals surface area contributed by atoms with Gasteiger partial charge in [0.05, 0.1) is 5.75 Å². The minimum atomic E-state index is 0.122. The lowest BCUT2D eigenvalue weighted by atomic mass is 10.0. The Hall–Kier alpha value is -2.18. The third kappa shape index (κ3) is 4.90. The van der Waals surface area contributed by atoms with Crippen molar-refractivity contribution in [3.05, 3.63) is 70.8 Å². The zero-order chi connectivity index (χ0) is 17.6. The molecule has 4 nitrogen and oxygen atoms in total. The van der Waals surface area contributed by atoms with Gasteiger partial charge in [0.25, 0.3) is 0 Å². The zero-order valence-electron chi connectivity index (χ0n) is 14.2. The summed E-state index contributed by atoms with van der Waals surface area (Å²) in [5, 5.41) is 12.3. The van der Waals surface area contributed by atoms with Gasteiger partial charge in [-0.2, -0.15) is 0 Å². The molecule has 128 valence electrons. The molecule has 3 rings (SSSR count). The molecule has 0 radical (unpaired) electrons. The van der Waals surface area contributed by atoms with Gasteiger partial charge in [-0.15, -0.1) is 10.2 Å². The average Bonchev–Trinajstić information content (AvgIpc) is 3.07. The summed E-state index contributed by atoms with van der Waals surface area (Å²) in [6.45, 7) is 4.71. The summed E-state index contributed by atoms with van der Waals surface area (Å²) in [4.78, 5) is 12.4. The van der Waals surface area contributed by atoms with E-state index in [1.165, 1.54) is 34.2 Å². The number of Topliss-reactive ketones (excluding diaryl/α,β-unsaturated/α-hetero) is 1. The van der Waals surface area contributed by atoms with Crippen molar-refractivity contribution in [2.75, 3.05) is 11.1 Å². The van der Waals surface area contributed by atoms with E-state index in [0.717, 1.165) is 20.6 Å². The number of hydrogen-bond donors (Lipinski definition) is 1. The quantitative estimate of drug-likeness (QED) is 0.481. The van der Waals surface area contributed by atoms with Crippen molar-refractivity contribution in [3.63, 3.8) is 0 Å². The van der Waals surface area contributed by atoms with E-state index in [1.54, 1.807) is 0 Å². The zero-order valence-corrected chi connectivity index (χ0v) is 15.8. The number of rotatable bonds is 7. The molecule has 0 bridgehead atoms. The fraction of sp³-hybridized carbons (Fsp3) is 0.211. The third-order valence-electron chi connectivity index (χ3n) is 3.70. The Bertz CT molecular complexity index is 862. The van der Waals surface area contributed by atoms with E-state index in [4.69, 9.17) is 0 Å². The topological polar surface area (TPSA) is 54.9 Å². The van der Waals surface area contributed by atoms with Gasteiger partial charge < -0.3 is 5.32 Å². The van der Waals surface area contributed by atoms with Crippen LogP contribution in [0.4, 0.5) is 5.13 Å². The molecule has 0 saturated carbocycles. The van der Waals surface area contributed by atoms with E-state index in [0.29, 0.717) is 12.3 Å². The highest BCUT2D eigenvalue weighted by Crippen LogP contribution is 2.27. The highest BCUT2D eigenvalue weighted by atomic mass is 32.2. The monoisotopic (exact) mass is 369 g/mol. The molecule has 0 unspecified atom stereocenters. The highest BCUT2D eigenvalue weighted by molar-refractivity contribution is 8.01. The number of thioether (sulfide) groups is 1. The molecule has 6 heteroatoms. The summed E-state index contributed by atoms with van der Waals surface area (Å²) in [5.41, 5.74) is 4.16. The van der Waals surface area contributed by atoms with Crippen LogP contribution >= 0.6 is 23.1 Å². The minimum absolute atomic E-state index is 0.122. The van der Waals surface area contributed by atoms with E-state index >= 15 is 0 Å². The molecule has 1 N–H and O–H groups in total. The van der Waals surface area contributed by atoms with Gasteiger partial charge in [-0.25, -0.2) is 0 Å². The van der Waals surface area contributed by atoms with Gasteiger partial charge in [-0.05, 0) is 25.0 Å². The number of aryl methyl sites for hydroxylation is 2. The van der Waals surface area contributed by atoms with Gasteiger partial charge >= 0.3 is 0 Å². The normalized spacial score (nSPS) is 10.6. The number of carbonyl (C=O) groups is 1. The fourth-order valence-electron chi connectivity index (χ4n) is 2.44. The first-order chi connectivity index (χ1) is 12.1. The predicted octanol–water partition coefficient (Wildman–Crippen LogP) is 4.74. The molecular weight excluding hydrogens is 350 g/mol. The highest BCUT2D eigenvalue weighted by Gasteiger charge is 2.12. The maximum Gasteiger partial charge on any atom is 0.206 e. The van der Waals surface area contributed by atoms with E-state index in [-0.39, 0.29) is 5.78 Å². The molecule has 0 spiro atoms. The standard InChI is InChI=1S/C19H19N3OS2/c1-13-8-9-16(14(2)10-13)17(23)12-24-19-22-21-18(25-19)20-11-15-6-4-3-5-7-15/h3-10H,11-12H2,1-2H3,(H,20,21). The molecule has 0 fully saturated rings. The molecule has 0 aliphatic rings. The smallest absolute Gasteiger partial charge is 0.206 e. The molecule has 25 heavy (non-hydrogen) atoms. The van der Waals surface area contributed by atoms with Crippen LogP contribution in [0.25, 0.3) is 0 Å². The van der Waals surface area contributed by atoms with Crippen LogP contribution < -0.4 is 5.32 Å². The molecule has 1 aromatic heterocycles. The second-order valence-electron chi connectivity index (χ2n) is 5.74. The summed E-state index contributed by atoms with van der Waals surface area (Å²) in [6, 6.07) is 16.1. The molecule has 0 saturated heterocycles. The summed E-state index contributed by atoms with van der Waals surface area (Å²) in [6.07, 6.45) is 0. The van der Waals surface area contributed by atoms with Gasteiger partial charge in [0, 0.05) is 12.1 Å². The van der Waals surface area contributed by atoms with Gasteiger partial charge in [0.2, 0.25) is 5.13 Å². The third-order valence-corrected chi connectivity index (χ3v) is 5.72. The lowest BCUT2D eigenvalue weighted by molar-refractivity contribution is 0.102. The van der Waals surface area contributed by atoms with Gasteiger partial charge in [0.1, 0.15) is 0 Å². The van der Waals surface area contributed by atoms with Crippen molar-refractivity contribution in [3.8, 4) is 0 Å². The van der Waals surface area contributed by atoms with E-state index in [1.807, 2.05) is 50.2 Å². The first-order valence-corrected chi connectivity index (χ1v) is 9.76. The van der Waals surface area contributed by atoms with Crippen LogP contribution in [0.2, 0.25) is 0 Å². The van der Waals surface area contributed by atoms with Crippen LogP contribution in [0.5, 0.6) is 0 Å². The molecule has 0 amide bonds. The Morgan fingerprint density at radius 1 is 1.12 bits per heavy atom. The molecule has 0 aliphatic heterocycles. The lowest BCUT2D eigenvalue weighted by Crippen LogP contribution is -2.04. The maximum absolute atomic E-state index is 12.4. The second kappa shape index (κ2) is 8.27. The number of carbonyl (C=O) groups excluding carboxylic acids is 1. The van der Waals surface area contributed by atoms with E-state index in [9.17, 15) is 4.79 Å². The Balaban J connectivity index is 1.53. The maximum atomic E-state index is 12.4. The van der Waals surface area contributed by atoms with Crippen LogP contribution in [0.15, 0.2) is 52.9 Å². The number of benzene rings is 2. The van der Waals surface area contributed by atoms with Crippen LogP contribution in [-0.4, -0.2) is 21.7 Å². The average molecular weight is 370 g/mol. The van der Waals surface area contributed by atoms with Crippen LogP contribution in [0, 0.1) is 13.8 Å². The Labute approximate surface area is 155 Å². The van der Waals surface area contributed by atoms with Crippen LogP contribution in [0.1, 0.15) is 27.0 Å². The number of nitrogens with zero attached hydrogens (tertiary/aromatic N) is 2. The first-order valence-electron chi connectivity index (χ1n) is 7.96. The van der Waals surface area contributed by atoms with Crippen molar-refractivity contribution in [1.82, 2.24) is 10.2 Å². The summed E-state index contributed by atoms with van der Waals surface area (Å²) in [7, 11) is 0. The fourth-order valence-corrected chi connectivity index (χ4v) is 4.08.